The van der Waals surface area contributed by atoms with Gasteiger partial charge in [-0.25, -0.2) is 4.68 Å². The molecule has 1 aliphatic rings. The van der Waals surface area contributed by atoms with Crippen molar-refractivity contribution in [3.63, 3.8) is 0 Å². The molecule has 0 bridgehead atoms. The Kier molecular flexibility index (Phi) is 3.18. The van der Waals surface area contributed by atoms with E-state index in [4.69, 9.17) is 4.74 Å². The number of rotatable bonds is 2. The maximum atomic E-state index is 12.2. The number of carbonyl (C=O) groups is 1. The number of amides is 1. The van der Waals surface area contributed by atoms with Crippen LogP contribution in [-0.4, -0.2) is 22.3 Å². The summed E-state index contributed by atoms with van der Waals surface area (Å²) < 4.78 is 7.20. The third-order valence-corrected chi connectivity index (χ3v) is 3.22. The van der Waals surface area contributed by atoms with Gasteiger partial charge in [-0.15, -0.1) is 0 Å². The van der Waals surface area contributed by atoms with Gasteiger partial charge < -0.3 is 10.1 Å². The maximum Gasteiger partial charge on any atom is 0.276 e. The summed E-state index contributed by atoms with van der Waals surface area (Å²) in [5, 5.41) is 7.15. The van der Waals surface area contributed by atoms with Gasteiger partial charge in [0.2, 0.25) is 5.88 Å². The van der Waals surface area contributed by atoms with Crippen molar-refractivity contribution in [2.24, 2.45) is 0 Å². The van der Waals surface area contributed by atoms with Crippen LogP contribution >= 0.6 is 0 Å². The van der Waals surface area contributed by atoms with Crippen LogP contribution in [0.1, 0.15) is 28.0 Å². The van der Waals surface area contributed by atoms with Crippen LogP contribution in [0.25, 0.3) is 0 Å². The molecule has 1 aromatic heterocycles. The third kappa shape index (κ3) is 2.52. The zero-order valence-electron chi connectivity index (χ0n) is 11.6. The fourth-order valence-electron chi connectivity index (χ4n) is 2.42. The van der Waals surface area contributed by atoms with Gasteiger partial charge in [0.25, 0.3) is 5.91 Å². The lowest BCUT2D eigenvalue weighted by molar-refractivity contribution is 0.102. The topological polar surface area (TPSA) is 56.2 Å². The highest BCUT2D eigenvalue weighted by Gasteiger charge is 2.18. The van der Waals surface area contributed by atoms with Crippen LogP contribution in [0.5, 0.6) is 5.88 Å². The molecule has 3 rings (SSSR count). The molecule has 1 amide bonds. The van der Waals surface area contributed by atoms with Crippen molar-refractivity contribution < 1.29 is 9.53 Å². The van der Waals surface area contributed by atoms with Gasteiger partial charge in [0.05, 0.1) is 6.61 Å². The summed E-state index contributed by atoms with van der Waals surface area (Å²) in [6.45, 7) is 5.49. The van der Waals surface area contributed by atoms with Crippen molar-refractivity contribution in [3.8, 4) is 5.88 Å². The fraction of sp³-hybridized carbons (Fsp3) is 0.333. The van der Waals surface area contributed by atoms with Gasteiger partial charge in [-0.2, -0.15) is 5.10 Å². The van der Waals surface area contributed by atoms with E-state index in [1.54, 1.807) is 10.7 Å². The lowest BCUT2D eigenvalue weighted by Gasteiger charge is -2.13. The van der Waals surface area contributed by atoms with E-state index in [9.17, 15) is 4.79 Å². The van der Waals surface area contributed by atoms with Crippen molar-refractivity contribution in [1.29, 1.82) is 0 Å². The number of hydrogen-bond donors (Lipinski definition) is 1. The maximum absolute atomic E-state index is 12.2. The molecule has 1 aliphatic heterocycles. The van der Waals surface area contributed by atoms with E-state index < -0.39 is 0 Å². The lowest BCUT2D eigenvalue weighted by atomic mass is 10.1. The molecule has 0 saturated heterocycles. The summed E-state index contributed by atoms with van der Waals surface area (Å²) in [4.78, 5) is 12.2. The second-order valence-electron chi connectivity index (χ2n) is 5.12. The molecule has 0 radical (unpaired) electrons. The molecule has 5 heteroatoms. The molecule has 0 saturated carbocycles. The van der Waals surface area contributed by atoms with E-state index in [1.165, 1.54) is 0 Å². The molecular weight excluding hydrogens is 254 g/mol. The molecule has 104 valence electrons. The molecule has 0 atom stereocenters. The molecule has 5 nitrogen and oxygen atoms in total. The summed E-state index contributed by atoms with van der Waals surface area (Å²) in [6, 6.07) is 7.64. The van der Waals surface area contributed by atoms with Gasteiger partial charge in [-0.05, 0) is 37.1 Å². The van der Waals surface area contributed by atoms with Crippen molar-refractivity contribution in [2.75, 3.05) is 11.9 Å². The average Bonchev–Trinajstić information content (AvgIpc) is 2.81. The van der Waals surface area contributed by atoms with Crippen LogP contribution < -0.4 is 10.1 Å². The molecule has 0 fully saturated rings. The summed E-state index contributed by atoms with van der Waals surface area (Å²) in [5.74, 6) is 0.460. The third-order valence-electron chi connectivity index (χ3n) is 3.22. The lowest BCUT2D eigenvalue weighted by Crippen LogP contribution is -2.16. The molecule has 0 unspecified atom stereocenters. The number of fused-ring (bicyclic) bond motifs is 1. The second-order valence-corrected chi connectivity index (χ2v) is 5.12. The Hall–Kier alpha value is -2.30. The number of hydrogen-bond acceptors (Lipinski definition) is 3. The average molecular weight is 271 g/mol. The second kappa shape index (κ2) is 5.00. The predicted molar refractivity (Wildman–Crippen MR) is 76.2 cm³/mol. The monoisotopic (exact) mass is 271 g/mol. The summed E-state index contributed by atoms with van der Waals surface area (Å²) in [5.41, 5.74) is 3.42. The van der Waals surface area contributed by atoms with Crippen LogP contribution in [0.3, 0.4) is 0 Å². The smallest absolute Gasteiger partial charge is 0.276 e. The molecule has 20 heavy (non-hydrogen) atoms. The van der Waals surface area contributed by atoms with E-state index in [1.807, 2.05) is 26.0 Å². The number of nitrogens with zero attached hydrogens (tertiary/aromatic N) is 2. The molecule has 0 aliphatic carbocycles. The molecule has 2 aromatic rings. The zero-order valence-corrected chi connectivity index (χ0v) is 11.6. The van der Waals surface area contributed by atoms with E-state index in [2.05, 4.69) is 16.5 Å². The Bertz CT molecular complexity index is 617. The number of anilines is 1. The van der Waals surface area contributed by atoms with Crippen LogP contribution in [0.15, 0.2) is 24.3 Å². The Morgan fingerprint density at radius 2 is 2.00 bits per heavy atom. The van der Waals surface area contributed by atoms with Crippen LogP contribution in [0, 0.1) is 13.8 Å². The highest BCUT2D eigenvalue weighted by atomic mass is 16.5. The summed E-state index contributed by atoms with van der Waals surface area (Å²) in [6.07, 6.45) is 0.923. The van der Waals surface area contributed by atoms with Crippen molar-refractivity contribution in [1.82, 2.24) is 9.78 Å². The number of benzene rings is 1. The largest absolute Gasteiger partial charge is 0.478 e. The Morgan fingerprint density at radius 1 is 1.25 bits per heavy atom. The number of aromatic nitrogens is 2. The Balaban J connectivity index is 1.80. The highest BCUT2D eigenvalue weighted by Crippen LogP contribution is 2.20. The standard InChI is InChI=1S/C15H17N3O2/c1-10-6-11(2)8-12(7-10)16-15(19)13-9-14-18(17-13)4-3-5-20-14/h6-9H,3-5H2,1-2H3,(H,16,19). The van der Waals surface area contributed by atoms with E-state index in [-0.39, 0.29) is 5.91 Å². The quantitative estimate of drug-likeness (QED) is 0.913. The first kappa shape index (κ1) is 12.7. The number of ether oxygens (including phenoxy) is 1. The SMILES string of the molecule is Cc1cc(C)cc(NC(=O)c2cc3n(n2)CCCO3)c1. The van der Waals surface area contributed by atoms with Crippen molar-refractivity contribution in [3.05, 3.63) is 41.1 Å². The minimum absolute atomic E-state index is 0.208. The Labute approximate surface area is 117 Å². The summed E-state index contributed by atoms with van der Waals surface area (Å²) >= 11 is 0. The van der Waals surface area contributed by atoms with Gasteiger partial charge >= 0.3 is 0 Å². The Morgan fingerprint density at radius 3 is 2.70 bits per heavy atom. The van der Waals surface area contributed by atoms with E-state index in [0.717, 1.165) is 29.8 Å². The normalized spacial score (nSPS) is 13.5. The van der Waals surface area contributed by atoms with Crippen LogP contribution in [0.4, 0.5) is 5.69 Å². The van der Waals surface area contributed by atoms with Gasteiger partial charge in [0.1, 0.15) is 0 Å². The van der Waals surface area contributed by atoms with Gasteiger partial charge in [-0.3, -0.25) is 4.79 Å². The predicted octanol–water partition coefficient (Wildman–Crippen LogP) is 2.53. The zero-order chi connectivity index (χ0) is 14.1. The van der Waals surface area contributed by atoms with E-state index >= 15 is 0 Å². The number of nitrogens with one attached hydrogen (secondary N) is 1. The van der Waals surface area contributed by atoms with Crippen molar-refractivity contribution >= 4 is 11.6 Å². The minimum Gasteiger partial charge on any atom is -0.478 e. The molecule has 2 heterocycles. The van der Waals surface area contributed by atoms with Crippen LogP contribution in [0.2, 0.25) is 0 Å². The number of aryl methyl sites for hydroxylation is 3. The first-order chi connectivity index (χ1) is 9.61. The number of carbonyl (C=O) groups excluding carboxylic acids is 1. The molecule has 1 aromatic carbocycles. The molecule has 1 N–H and O–H groups in total. The minimum atomic E-state index is -0.208. The van der Waals surface area contributed by atoms with Crippen LogP contribution in [-0.2, 0) is 6.54 Å². The molecular formula is C15H17N3O2. The first-order valence-electron chi connectivity index (χ1n) is 6.72. The van der Waals surface area contributed by atoms with Gasteiger partial charge in [-0.1, -0.05) is 6.07 Å². The summed E-state index contributed by atoms with van der Waals surface area (Å²) in [7, 11) is 0. The van der Waals surface area contributed by atoms with E-state index in [0.29, 0.717) is 18.2 Å². The fourth-order valence-corrected chi connectivity index (χ4v) is 2.42. The van der Waals surface area contributed by atoms with Gasteiger partial charge in [0, 0.05) is 24.7 Å². The highest BCUT2D eigenvalue weighted by molar-refractivity contribution is 6.03. The first-order valence-corrected chi connectivity index (χ1v) is 6.72. The van der Waals surface area contributed by atoms with Gasteiger partial charge in [0.15, 0.2) is 5.69 Å². The van der Waals surface area contributed by atoms with Crippen molar-refractivity contribution in [2.45, 2.75) is 26.8 Å². The molecule has 0 spiro atoms.